The average Bonchev–Trinajstić information content (AvgIpc) is 2.90. The van der Waals surface area contributed by atoms with Gasteiger partial charge < -0.3 is 0 Å². The molecule has 0 heterocycles. The van der Waals surface area contributed by atoms with Crippen molar-refractivity contribution in [3.63, 3.8) is 0 Å². The summed E-state index contributed by atoms with van der Waals surface area (Å²) in [4.78, 5) is 0. The molecule has 2 nitrogen and oxygen atoms in total. The summed E-state index contributed by atoms with van der Waals surface area (Å²) in [5.41, 5.74) is 1.25. The van der Waals surface area contributed by atoms with Gasteiger partial charge in [0.05, 0.1) is 0 Å². The molecule has 0 saturated carbocycles. The highest BCUT2D eigenvalue weighted by Gasteiger charge is 2.33. The molecule has 0 spiro atoms. The van der Waals surface area contributed by atoms with E-state index in [4.69, 9.17) is 23.2 Å². The van der Waals surface area contributed by atoms with Gasteiger partial charge in [-0.1, -0.05) is 83.9 Å². The van der Waals surface area contributed by atoms with Gasteiger partial charge in [-0.25, -0.2) is 26.0 Å². The van der Waals surface area contributed by atoms with Gasteiger partial charge in [-0.15, -0.1) is 0 Å². The van der Waals surface area contributed by atoms with Crippen LogP contribution in [0.3, 0.4) is 0 Å². The Hall–Kier alpha value is -3.39. The second-order valence-electron chi connectivity index (χ2n) is 8.60. The highest BCUT2D eigenvalue weighted by Crippen LogP contribution is 2.38. The van der Waals surface area contributed by atoms with Gasteiger partial charge in [0.2, 0.25) is 0 Å². The van der Waals surface area contributed by atoms with Crippen molar-refractivity contribution in [1.29, 1.82) is 0 Å². The van der Waals surface area contributed by atoms with E-state index in [9.17, 15) is 26.0 Å². The molecule has 39 heavy (non-hydrogen) atoms. The molecule has 0 aliphatic rings. The van der Waals surface area contributed by atoms with Crippen LogP contribution in [0.25, 0.3) is 12.2 Å². The largest absolute Gasteiger partial charge is 0.227 e. The van der Waals surface area contributed by atoms with Crippen LogP contribution >= 0.6 is 23.2 Å². The molecule has 0 saturated heterocycles. The third-order valence-electron chi connectivity index (χ3n) is 5.92. The van der Waals surface area contributed by atoms with Crippen molar-refractivity contribution in [2.75, 3.05) is 0 Å². The standard InChI is InChI=1S/C30H20Cl2F4O2S/c31-23-9-5-21(6-10-23)29(15-3-19-1-13-25(33)27(35)17-19)39(37,38)30(22-7-11-24(32)12-8-22)16-4-20-2-14-26(34)28(36)18-20/h1-18,29-30H/b15-3+,16-4+. The second kappa shape index (κ2) is 12.2. The molecule has 0 aromatic heterocycles. The maximum atomic E-state index is 14.2. The summed E-state index contributed by atoms with van der Waals surface area (Å²) < 4.78 is 82.9. The minimum atomic E-state index is -4.17. The van der Waals surface area contributed by atoms with Crippen molar-refractivity contribution in [1.82, 2.24) is 0 Å². The van der Waals surface area contributed by atoms with Gasteiger partial charge >= 0.3 is 0 Å². The number of hydrogen-bond acceptors (Lipinski definition) is 2. The van der Waals surface area contributed by atoms with Crippen molar-refractivity contribution in [2.45, 2.75) is 10.5 Å². The summed E-state index contributed by atoms with van der Waals surface area (Å²) >= 11 is 12.0. The van der Waals surface area contributed by atoms with E-state index < -0.39 is 43.6 Å². The van der Waals surface area contributed by atoms with E-state index in [1.165, 1.54) is 36.4 Å². The monoisotopic (exact) mass is 590 g/mol. The normalized spacial score (nSPS) is 13.7. The molecule has 0 aliphatic carbocycles. The molecule has 4 rings (SSSR count). The molecule has 0 aliphatic heterocycles. The lowest BCUT2D eigenvalue weighted by atomic mass is 10.1. The minimum Gasteiger partial charge on any atom is -0.227 e. The zero-order chi connectivity index (χ0) is 28.2. The Morgan fingerprint density at radius 1 is 0.538 bits per heavy atom. The van der Waals surface area contributed by atoms with Crippen LogP contribution in [0.15, 0.2) is 97.1 Å². The van der Waals surface area contributed by atoms with Crippen LogP contribution in [0.1, 0.15) is 32.8 Å². The zero-order valence-electron chi connectivity index (χ0n) is 20.0. The van der Waals surface area contributed by atoms with Crippen molar-refractivity contribution < 1.29 is 26.0 Å². The number of sulfone groups is 1. The van der Waals surface area contributed by atoms with Crippen LogP contribution in [-0.4, -0.2) is 8.42 Å². The summed E-state index contributed by atoms with van der Waals surface area (Å²) in [6.45, 7) is 0. The summed E-state index contributed by atoms with van der Waals surface area (Å²) in [5, 5.41) is -1.71. The number of hydrogen-bond donors (Lipinski definition) is 0. The summed E-state index contributed by atoms with van der Waals surface area (Å²) in [7, 11) is -4.17. The lowest BCUT2D eigenvalue weighted by Crippen LogP contribution is -2.19. The van der Waals surface area contributed by atoms with E-state index in [1.807, 2.05) is 0 Å². The van der Waals surface area contributed by atoms with Gasteiger partial charge in [-0.3, -0.25) is 0 Å². The van der Waals surface area contributed by atoms with Gasteiger partial charge in [0.1, 0.15) is 10.5 Å². The number of rotatable bonds is 8. The third-order valence-corrected chi connectivity index (χ3v) is 8.70. The molecule has 9 heteroatoms. The van der Waals surface area contributed by atoms with Crippen LogP contribution in [0.5, 0.6) is 0 Å². The molecule has 2 atom stereocenters. The molecule has 4 aromatic carbocycles. The molecule has 0 bridgehead atoms. The predicted octanol–water partition coefficient (Wildman–Crippen LogP) is 9.17. The SMILES string of the molecule is O=S(=O)(C(/C=C/c1ccc(F)c(F)c1)c1ccc(Cl)cc1)C(/C=C/c1ccc(F)c(F)c1)c1ccc(Cl)cc1. The maximum Gasteiger partial charge on any atom is 0.171 e. The molecule has 0 amide bonds. The second-order valence-corrected chi connectivity index (χ2v) is 11.7. The molecule has 0 fully saturated rings. The lowest BCUT2D eigenvalue weighted by Gasteiger charge is -2.22. The average molecular weight is 591 g/mol. The van der Waals surface area contributed by atoms with E-state index in [0.717, 1.165) is 24.3 Å². The van der Waals surface area contributed by atoms with Crippen LogP contribution < -0.4 is 0 Å². The van der Waals surface area contributed by atoms with Gasteiger partial charge in [0.15, 0.2) is 33.1 Å². The van der Waals surface area contributed by atoms with Crippen molar-refractivity contribution in [2.24, 2.45) is 0 Å². The molecule has 2 unspecified atom stereocenters. The van der Waals surface area contributed by atoms with Gasteiger partial charge in [0, 0.05) is 10.0 Å². The Morgan fingerprint density at radius 3 is 1.23 bits per heavy atom. The molecular weight excluding hydrogens is 571 g/mol. The number of benzene rings is 4. The lowest BCUT2D eigenvalue weighted by molar-refractivity contribution is 0.508. The van der Waals surface area contributed by atoms with Crippen LogP contribution in [0.2, 0.25) is 10.0 Å². The van der Waals surface area contributed by atoms with Gasteiger partial charge in [-0.2, -0.15) is 0 Å². The third kappa shape index (κ3) is 6.98. The van der Waals surface area contributed by atoms with Crippen molar-refractivity contribution in [3.05, 3.63) is 153 Å². The Kier molecular flexibility index (Phi) is 8.95. The Labute approximate surface area is 233 Å². The minimum absolute atomic E-state index is 0.253. The zero-order valence-corrected chi connectivity index (χ0v) is 22.4. The summed E-state index contributed by atoms with van der Waals surface area (Å²) in [6, 6.07) is 18.8. The highest BCUT2D eigenvalue weighted by molar-refractivity contribution is 7.92. The maximum absolute atomic E-state index is 14.2. The van der Waals surface area contributed by atoms with Gasteiger partial charge in [0.25, 0.3) is 0 Å². The van der Waals surface area contributed by atoms with E-state index >= 15 is 0 Å². The van der Waals surface area contributed by atoms with E-state index in [2.05, 4.69) is 0 Å². The molecule has 0 radical (unpaired) electrons. The summed E-state index contributed by atoms with van der Waals surface area (Å²) in [6.07, 6.45) is 5.52. The Balaban J connectivity index is 1.83. The van der Waals surface area contributed by atoms with E-state index in [-0.39, 0.29) is 11.1 Å². The summed E-state index contributed by atoms with van der Waals surface area (Å²) in [5.74, 6) is -4.20. The van der Waals surface area contributed by atoms with Crippen molar-refractivity contribution in [3.8, 4) is 0 Å². The van der Waals surface area contributed by atoms with Gasteiger partial charge in [-0.05, 0) is 70.8 Å². The first-order valence-electron chi connectivity index (χ1n) is 11.5. The molecule has 0 N–H and O–H groups in total. The van der Waals surface area contributed by atoms with Crippen LogP contribution in [-0.2, 0) is 9.84 Å². The van der Waals surface area contributed by atoms with Crippen LogP contribution in [0.4, 0.5) is 17.6 Å². The van der Waals surface area contributed by atoms with E-state index in [0.29, 0.717) is 21.2 Å². The highest BCUT2D eigenvalue weighted by atomic mass is 35.5. The Bertz CT molecular complexity index is 1520. The Morgan fingerprint density at radius 2 is 0.897 bits per heavy atom. The first-order chi connectivity index (χ1) is 18.5. The molecular formula is C30H20Cl2F4O2S. The first kappa shape index (κ1) is 28.6. The predicted molar refractivity (Wildman–Crippen MR) is 148 cm³/mol. The number of halogens is 6. The molecule has 4 aromatic rings. The fraction of sp³-hybridized carbons (Fsp3) is 0.0667. The van der Waals surface area contributed by atoms with E-state index in [1.54, 1.807) is 48.5 Å². The smallest absolute Gasteiger partial charge is 0.171 e. The topological polar surface area (TPSA) is 34.1 Å². The fourth-order valence-electron chi connectivity index (χ4n) is 3.91. The van der Waals surface area contributed by atoms with Crippen molar-refractivity contribution >= 4 is 45.2 Å². The quantitative estimate of drug-likeness (QED) is 0.192. The molecule has 200 valence electrons. The fourth-order valence-corrected chi connectivity index (χ4v) is 6.15. The first-order valence-corrected chi connectivity index (χ1v) is 13.9. The van der Waals surface area contributed by atoms with Crippen LogP contribution in [0, 0.1) is 23.3 Å².